The molecule has 0 aliphatic heterocycles. The molecule has 0 aliphatic rings. The minimum absolute atomic E-state index is 0.177. The van der Waals surface area contributed by atoms with Crippen molar-refractivity contribution in [3.8, 4) is 0 Å². The van der Waals surface area contributed by atoms with E-state index in [0.29, 0.717) is 17.9 Å². The lowest BCUT2D eigenvalue weighted by Crippen LogP contribution is -1.95. The van der Waals surface area contributed by atoms with Crippen LogP contribution in [0.15, 0.2) is 11.7 Å². The van der Waals surface area contributed by atoms with Crippen molar-refractivity contribution in [2.45, 2.75) is 0 Å². The molecule has 76 valence electrons. The predicted molar refractivity (Wildman–Crippen MR) is 72.5 cm³/mol. The SMILES string of the molecule is C=Cc1nn(PI)c(N)c1/C=C(\N)Cl. The van der Waals surface area contributed by atoms with Crippen molar-refractivity contribution in [3.05, 3.63) is 23.0 Å². The van der Waals surface area contributed by atoms with Gasteiger partial charge in [0.1, 0.15) is 5.82 Å². The molecular formula is C7H9ClIN4P. The lowest BCUT2D eigenvalue weighted by Gasteiger charge is -1.96. The van der Waals surface area contributed by atoms with E-state index < -0.39 is 0 Å². The van der Waals surface area contributed by atoms with Gasteiger partial charge in [-0.3, -0.25) is 0 Å². The maximum atomic E-state index is 5.83. The lowest BCUT2D eigenvalue weighted by molar-refractivity contribution is 1.01. The van der Waals surface area contributed by atoms with Crippen LogP contribution in [-0.2, 0) is 0 Å². The van der Waals surface area contributed by atoms with Gasteiger partial charge in [0.2, 0.25) is 0 Å². The average Bonchev–Trinajstić information content (AvgIpc) is 2.43. The van der Waals surface area contributed by atoms with Crippen molar-refractivity contribution in [3.63, 3.8) is 0 Å². The van der Waals surface area contributed by atoms with Gasteiger partial charge in [0, 0.05) is 5.56 Å². The molecule has 1 aromatic heterocycles. The number of halogens is 2. The van der Waals surface area contributed by atoms with E-state index in [1.807, 2.05) is 0 Å². The summed E-state index contributed by atoms with van der Waals surface area (Å²) in [6, 6.07) is 0. The summed E-state index contributed by atoms with van der Waals surface area (Å²) in [6.45, 7) is 3.64. The smallest absolute Gasteiger partial charge is 0.134 e. The molecule has 0 bridgehead atoms. The molecule has 0 radical (unpaired) electrons. The summed E-state index contributed by atoms with van der Waals surface area (Å²) in [5.41, 5.74) is 12.6. The zero-order chi connectivity index (χ0) is 10.7. The molecule has 1 atom stereocenters. The highest BCUT2D eigenvalue weighted by molar-refractivity contribution is 14.2. The highest BCUT2D eigenvalue weighted by Gasteiger charge is 2.10. The first kappa shape index (κ1) is 11.8. The highest BCUT2D eigenvalue weighted by atomic mass is 127. The molecule has 0 aliphatic carbocycles. The largest absolute Gasteiger partial charge is 0.389 e. The second kappa shape index (κ2) is 5.00. The monoisotopic (exact) mass is 342 g/mol. The summed E-state index contributed by atoms with van der Waals surface area (Å²) < 4.78 is 1.68. The van der Waals surface area contributed by atoms with Gasteiger partial charge in [-0.15, -0.1) is 0 Å². The van der Waals surface area contributed by atoms with Gasteiger partial charge >= 0.3 is 0 Å². The summed E-state index contributed by atoms with van der Waals surface area (Å²) in [7, 11) is 0. The molecule has 7 heteroatoms. The number of anilines is 1. The molecule has 0 spiro atoms. The van der Waals surface area contributed by atoms with E-state index in [1.54, 1.807) is 16.6 Å². The first-order valence-electron chi connectivity index (χ1n) is 3.60. The Morgan fingerprint density at radius 2 is 2.36 bits per heavy atom. The maximum Gasteiger partial charge on any atom is 0.134 e. The number of nitrogen functional groups attached to an aromatic ring is 1. The molecule has 0 fully saturated rings. The molecule has 0 amide bonds. The Morgan fingerprint density at radius 3 is 2.79 bits per heavy atom. The van der Waals surface area contributed by atoms with Crippen molar-refractivity contribution >= 4 is 58.0 Å². The lowest BCUT2D eigenvalue weighted by atomic mass is 10.2. The molecule has 1 aromatic rings. The number of nitrogens with zero attached hydrogens (tertiary/aromatic N) is 2. The number of hydrogen-bond donors (Lipinski definition) is 2. The van der Waals surface area contributed by atoms with Crippen LogP contribution in [0.3, 0.4) is 0 Å². The third-order valence-electron chi connectivity index (χ3n) is 1.54. The van der Waals surface area contributed by atoms with Gasteiger partial charge in [0.15, 0.2) is 0 Å². The van der Waals surface area contributed by atoms with Crippen LogP contribution in [-0.4, -0.2) is 9.55 Å². The molecule has 0 saturated heterocycles. The molecular weight excluding hydrogens is 333 g/mol. The highest BCUT2D eigenvalue weighted by Crippen LogP contribution is 2.31. The minimum atomic E-state index is 0.177. The van der Waals surface area contributed by atoms with Crippen molar-refractivity contribution in [2.75, 3.05) is 5.73 Å². The van der Waals surface area contributed by atoms with Crippen molar-refractivity contribution in [1.29, 1.82) is 0 Å². The van der Waals surface area contributed by atoms with Crippen LogP contribution in [0.2, 0.25) is 0 Å². The Bertz CT molecular complexity index is 383. The van der Waals surface area contributed by atoms with E-state index in [1.165, 1.54) is 0 Å². The third-order valence-corrected chi connectivity index (χ3v) is 3.52. The third kappa shape index (κ3) is 2.40. The van der Waals surface area contributed by atoms with Gasteiger partial charge in [-0.2, -0.15) is 5.10 Å². The summed E-state index contributed by atoms with van der Waals surface area (Å²) in [6.07, 6.45) is 3.63. The van der Waals surface area contributed by atoms with E-state index >= 15 is 0 Å². The number of nitrogens with two attached hydrogens (primary N) is 2. The second-order valence-electron chi connectivity index (χ2n) is 2.41. The van der Waals surface area contributed by atoms with Gasteiger partial charge in [-0.1, -0.05) is 18.2 Å². The summed E-state index contributed by atoms with van der Waals surface area (Å²) in [4.78, 5) is 0. The number of aromatic nitrogens is 2. The first-order valence-corrected chi connectivity index (χ1v) is 8.04. The topological polar surface area (TPSA) is 69.9 Å². The van der Waals surface area contributed by atoms with Crippen LogP contribution >= 0.6 is 40.0 Å². The Labute approximate surface area is 102 Å². The van der Waals surface area contributed by atoms with E-state index in [2.05, 4.69) is 33.7 Å². The maximum absolute atomic E-state index is 5.83. The Hall–Kier alpha value is -0.260. The predicted octanol–water partition coefficient (Wildman–Crippen LogP) is 2.40. The summed E-state index contributed by atoms with van der Waals surface area (Å²) >= 11 is 7.77. The van der Waals surface area contributed by atoms with E-state index in [4.69, 9.17) is 23.1 Å². The van der Waals surface area contributed by atoms with Crippen LogP contribution in [0.1, 0.15) is 11.3 Å². The van der Waals surface area contributed by atoms with Gasteiger partial charge in [-0.25, -0.2) is 4.45 Å². The van der Waals surface area contributed by atoms with Crippen LogP contribution in [0.4, 0.5) is 5.82 Å². The van der Waals surface area contributed by atoms with Gasteiger partial charge in [-0.05, 0) is 34.2 Å². The summed E-state index contributed by atoms with van der Waals surface area (Å²) in [5, 5.41) is 4.40. The Morgan fingerprint density at radius 1 is 1.71 bits per heavy atom. The van der Waals surface area contributed by atoms with Gasteiger partial charge < -0.3 is 11.5 Å². The molecule has 1 heterocycles. The zero-order valence-corrected chi connectivity index (χ0v) is 11.1. The molecule has 1 unspecified atom stereocenters. The fourth-order valence-corrected chi connectivity index (χ4v) is 2.53. The number of rotatable bonds is 3. The molecule has 1 rings (SSSR count). The van der Waals surface area contributed by atoms with E-state index in [0.717, 1.165) is 5.56 Å². The van der Waals surface area contributed by atoms with Crippen LogP contribution in [0.5, 0.6) is 0 Å². The van der Waals surface area contributed by atoms with Gasteiger partial charge in [0.25, 0.3) is 0 Å². The first-order chi connectivity index (χ1) is 6.60. The average molecular weight is 343 g/mol. The summed E-state index contributed by atoms with van der Waals surface area (Å²) in [5.74, 6) is 0.552. The van der Waals surface area contributed by atoms with Crippen molar-refractivity contribution in [2.24, 2.45) is 5.73 Å². The minimum Gasteiger partial charge on any atom is -0.389 e. The molecule has 0 saturated carbocycles. The fourth-order valence-electron chi connectivity index (χ4n) is 0.962. The fraction of sp³-hybridized carbons (Fsp3) is 0. The molecule has 4 N–H and O–H groups in total. The quantitative estimate of drug-likeness (QED) is 0.503. The standard InChI is InChI=1S/C7H9ClIN4P/c1-2-5-4(3-6(8)10)7(11)13(12-5)14-9/h2-3,14H,1,10-11H2/b6-3-. The second-order valence-corrected chi connectivity index (χ2v) is 4.89. The Balaban J connectivity index is 3.31. The van der Waals surface area contributed by atoms with E-state index in [9.17, 15) is 0 Å². The van der Waals surface area contributed by atoms with Crippen molar-refractivity contribution < 1.29 is 0 Å². The number of hydrogen-bond acceptors (Lipinski definition) is 3. The van der Waals surface area contributed by atoms with Crippen LogP contribution in [0.25, 0.3) is 12.2 Å². The van der Waals surface area contributed by atoms with E-state index in [-0.39, 0.29) is 5.16 Å². The normalized spacial score (nSPS) is 12.6. The zero-order valence-electron chi connectivity index (χ0n) is 7.17. The van der Waals surface area contributed by atoms with Crippen LogP contribution in [0, 0.1) is 0 Å². The molecule has 0 aromatic carbocycles. The van der Waals surface area contributed by atoms with Crippen LogP contribution < -0.4 is 11.5 Å². The van der Waals surface area contributed by atoms with Gasteiger partial charge in [0.05, 0.1) is 17.2 Å². The molecule has 4 nitrogen and oxygen atoms in total. The Kier molecular flexibility index (Phi) is 4.22. The molecule has 14 heavy (non-hydrogen) atoms. The van der Waals surface area contributed by atoms with Crippen molar-refractivity contribution in [1.82, 2.24) is 9.55 Å².